The highest BCUT2D eigenvalue weighted by Gasteiger charge is 2.37. The van der Waals surface area contributed by atoms with E-state index in [9.17, 15) is 13.2 Å². The van der Waals surface area contributed by atoms with Gasteiger partial charge in [0.05, 0.1) is 27.0 Å². The van der Waals surface area contributed by atoms with Crippen molar-refractivity contribution < 1.29 is 32.5 Å². The Bertz CT molecular complexity index is 706. The van der Waals surface area contributed by atoms with Crippen LogP contribution in [-0.4, -0.2) is 38.0 Å². The Morgan fingerprint density at radius 3 is 2.12 bits per heavy atom. The van der Waals surface area contributed by atoms with Crippen molar-refractivity contribution in [2.75, 3.05) is 27.9 Å². The summed E-state index contributed by atoms with van der Waals surface area (Å²) in [4.78, 5) is 3.37. The topological polar surface area (TPSA) is 60.8 Å². The Balaban J connectivity index is 2.56. The number of hydrogen-bond acceptors (Lipinski definition) is 6. The number of nitrogens with zero attached hydrogens (tertiary/aromatic N) is 1. The van der Waals surface area contributed by atoms with Crippen LogP contribution in [0.25, 0.3) is 10.6 Å². The van der Waals surface area contributed by atoms with Crippen molar-refractivity contribution in [1.82, 2.24) is 4.98 Å². The van der Waals surface area contributed by atoms with Crippen molar-refractivity contribution in [3.05, 3.63) is 22.7 Å². The van der Waals surface area contributed by atoms with Crippen LogP contribution in [0.5, 0.6) is 17.2 Å². The van der Waals surface area contributed by atoms with Gasteiger partial charge in [0, 0.05) is 12.2 Å². The highest BCUT2D eigenvalue weighted by atomic mass is 32.1. The fourth-order valence-electron chi connectivity index (χ4n) is 2.32. The number of hydrogen-bond donors (Lipinski definition) is 1. The zero-order chi connectivity index (χ0) is 18.6. The predicted molar refractivity (Wildman–Crippen MR) is 87.6 cm³/mol. The number of benzene rings is 1. The summed E-state index contributed by atoms with van der Waals surface area (Å²) in [5.41, 5.74) is 0.357. The van der Waals surface area contributed by atoms with Crippen LogP contribution in [0.1, 0.15) is 17.0 Å². The van der Waals surface area contributed by atoms with Crippen LogP contribution < -0.4 is 14.2 Å². The second kappa shape index (κ2) is 7.92. The summed E-state index contributed by atoms with van der Waals surface area (Å²) in [6.07, 6.45) is -4.24. The molecular formula is C16H18F3NO4S. The Morgan fingerprint density at radius 2 is 1.68 bits per heavy atom. The smallest absolute Gasteiger partial charge is 0.427 e. The number of rotatable bonds is 7. The molecule has 0 saturated heterocycles. The summed E-state index contributed by atoms with van der Waals surface area (Å²) >= 11 is 0.552. The van der Waals surface area contributed by atoms with E-state index in [2.05, 4.69) is 4.98 Å². The molecule has 0 radical (unpaired) electrons. The van der Waals surface area contributed by atoms with E-state index < -0.39 is 11.1 Å². The number of alkyl halides is 3. The van der Waals surface area contributed by atoms with Crippen molar-refractivity contribution >= 4 is 11.3 Å². The fraction of sp³-hybridized carbons (Fsp3) is 0.438. The quantitative estimate of drug-likeness (QED) is 0.796. The maximum atomic E-state index is 13.3. The van der Waals surface area contributed by atoms with Crippen LogP contribution in [0.4, 0.5) is 13.2 Å². The van der Waals surface area contributed by atoms with Crippen molar-refractivity contribution in [2.45, 2.75) is 19.0 Å². The minimum atomic E-state index is -4.50. The van der Waals surface area contributed by atoms with E-state index in [1.54, 1.807) is 12.1 Å². The normalized spacial score (nSPS) is 11.5. The molecule has 0 fully saturated rings. The molecule has 0 saturated carbocycles. The molecule has 0 aliphatic carbocycles. The van der Waals surface area contributed by atoms with E-state index in [0.717, 1.165) is 0 Å². The molecule has 0 atom stereocenters. The molecule has 0 aliphatic heterocycles. The standard InChI is InChI=1S/C16H18F3NO4S/c1-22-11-7-9(8-12(23-2)13(11)24-3)15-20-10(5-4-6-21)14(25-15)16(17,18)19/h7-8,21H,4-6H2,1-3H3. The van der Waals surface area contributed by atoms with E-state index in [1.165, 1.54) is 21.3 Å². The first kappa shape index (κ1) is 19.3. The van der Waals surface area contributed by atoms with Gasteiger partial charge in [0.2, 0.25) is 5.75 Å². The lowest BCUT2D eigenvalue weighted by Crippen LogP contribution is -2.06. The zero-order valence-corrected chi connectivity index (χ0v) is 14.8. The molecule has 138 valence electrons. The first-order valence-electron chi connectivity index (χ1n) is 7.33. The lowest BCUT2D eigenvalue weighted by Gasteiger charge is -2.13. The van der Waals surface area contributed by atoms with E-state index >= 15 is 0 Å². The first-order valence-corrected chi connectivity index (χ1v) is 8.15. The number of aryl methyl sites for hydroxylation is 1. The van der Waals surface area contributed by atoms with E-state index in [-0.39, 0.29) is 30.2 Å². The van der Waals surface area contributed by atoms with Crippen LogP contribution >= 0.6 is 11.3 Å². The van der Waals surface area contributed by atoms with Gasteiger partial charge in [0.1, 0.15) is 9.88 Å². The maximum Gasteiger partial charge on any atom is 0.427 e. The third kappa shape index (κ3) is 4.16. The van der Waals surface area contributed by atoms with Crippen LogP contribution in [0.15, 0.2) is 12.1 Å². The summed E-state index contributed by atoms with van der Waals surface area (Å²) < 4.78 is 55.4. The van der Waals surface area contributed by atoms with E-state index in [1.807, 2.05) is 0 Å². The number of ether oxygens (including phenoxy) is 3. The average molecular weight is 377 g/mol. The molecule has 5 nitrogen and oxygen atoms in total. The summed E-state index contributed by atoms with van der Waals surface area (Å²) in [6, 6.07) is 3.10. The Labute approximate surface area is 147 Å². The summed E-state index contributed by atoms with van der Waals surface area (Å²) in [5.74, 6) is 1.01. The second-order valence-electron chi connectivity index (χ2n) is 5.03. The molecule has 0 amide bonds. The number of halogens is 3. The summed E-state index contributed by atoms with van der Waals surface area (Å²) in [5, 5.41) is 9.08. The fourth-order valence-corrected chi connectivity index (χ4v) is 3.28. The lowest BCUT2D eigenvalue weighted by molar-refractivity contribution is -0.135. The SMILES string of the molecule is COc1cc(-c2nc(CCCO)c(C(F)(F)F)s2)cc(OC)c1OC. The van der Waals surface area contributed by atoms with E-state index in [4.69, 9.17) is 19.3 Å². The van der Waals surface area contributed by atoms with Crippen molar-refractivity contribution in [3.8, 4) is 27.8 Å². The maximum absolute atomic E-state index is 13.3. The van der Waals surface area contributed by atoms with Crippen LogP contribution in [0, 0.1) is 0 Å². The third-order valence-electron chi connectivity index (χ3n) is 3.44. The predicted octanol–water partition coefficient (Wildman–Crippen LogP) is 3.78. The molecule has 2 rings (SSSR count). The zero-order valence-electron chi connectivity index (χ0n) is 13.9. The molecule has 0 unspecified atom stereocenters. The van der Waals surface area contributed by atoms with Crippen LogP contribution in [0.2, 0.25) is 0 Å². The highest BCUT2D eigenvalue weighted by molar-refractivity contribution is 7.15. The third-order valence-corrected chi connectivity index (χ3v) is 4.63. The largest absolute Gasteiger partial charge is 0.493 e. The van der Waals surface area contributed by atoms with Crippen LogP contribution in [0.3, 0.4) is 0 Å². The number of methoxy groups -OCH3 is 3. The molecule has 1 heterocycles. The molecule has 0 bridgehead atoms. The van der Waals surface area contributed by atoms with Gasteiger partial charge in [0.15, 0.2) is 11.5 Å². The molecule has 0 aliphatic rings. The number of aliphatic hydroxyl groups excluding tert-OH is 1. The van der Waals surface area contributed by atoms with Gasteiger partial charge in [0.25, 0.3) is 0 Å². The average Bonchev–Trinajstić information content (AvgIpc) is 3.03. The van der Waals surface area contributed by atoms with Gasteiger partial charge in [-0.25, -0.2) is 4.98 Å². The van der Waals surface area contributed by atoms with Gasteiger partial charge in [-0.3, -0.25) is 0 Å². The molecule has 1 N–H and O–H groups in total. The Hall–Kier alpha value is -2.00. The van der Waals surface area contributed by atoms with Gasteiger partial charge in [-0.2, -0.15) is 13.2 Å². The first-order chi connectivity index (χ1) is 11.8. The van der Waals surface area contributed by atoms with Crippen molar-refractivity contribution in [1.29, 1.82) is 0 Å². The van der Waals surface area contributed by atoms with Gasteiger partial charge >= 0.3 is 6.18 Å². The lowest BCUT2D eigenvalue weighted by atomic mass is 10.2. The molecule has 0 spiro atoms. The van der Waals surface area contributed by atoms with Crippen molar-refractivity contribution in [2.24, 2.45) is 0 Å². The molecule has 9 heteroatoms. The van der Waals surface area contributed by atoms with Gasteiger partial charge in [-0.1, -0.05) is 0 Å². The second-order valence-corrected chi connectivity index (χ2v) is 6.03. The Morgan fingerprint density at radius 1 is 1.08 bits per heavy atom. The molecule has 1 aromatic carbocycles. The minimum Gasteiger partial charge on any atom is -0.493 e. The number of aliphatic hydroxyl groups is 1. The molecule has 2 aromatic rings. The van der Waals surface area contributed by atoms with Crippen LogP contribution in [-0.2, 0) is 12.6 Å². The van der Waals surface area contributed by atoms with E-state index in [0.29, 0.717) is 34.1 Å². The minimum absolute atomic E-state index is 0.0479. The Kier molecular flexibility index (Phi) is 6.12. The van der Waals surface area contributed by atoms with Gasteiger partial charge in [-0.05, 0) is 25.0 Å². The molecule has 1 aromatic heterocycles. The molecule has 25 heavy (non-hydrogen) atoms. The molecular weight excluding hydrogens is 359 g/mol. The number of thiazole rings is 1. The van der Waals surface area contributed by atoms with Gasteiger partial charge < -0.3 is 19.3 Å². The number of aromatic nitrogens is 1. The van der Waals surface area contributed by atoms with Crippen molar-refractivity contribution in [3.63, 3.8) is 0 Å². The highest BCUT2D eigenvalue weighted by Crippen LogP contribution is 2.44. The summed E-state index contributed by atoms with van der Waals surface area (Å²) in [6.45, 7) is -0.200. The summed E-state index contributed by atoms with van der Waals surface area (Å²) in [7, 11) is 4.30. The monoisotopic (exact) mass is 377 g/mol. The van der Waals surface area contributed by atoms with Gasteiger partial charge in [-0.15, -0.1) is 11.3 Å².